The topological polar surface area (TPSA) is 74.6 Å². The molecule has 0 aliphatic rings. The number of aliphatic hydroxyl groups excluding tert-OH is 1. The summed E-state index contributed by atoms with van der Waals surface area (Å²) in [6.07, 6.45) is 1.11. The number of aldehydes is 1. The lowest BCUT2D eigenvalue weighted by Crippen LogP contribution is -2.12. The van der Waals surface area contributed by atoms with Crippen LogP contribution in [0.25, 0.3) is 0 Å². The summed E-state index contributed by atoms with van der Waals surface area (Å²) in [5.74, 6) is -1.25. The fourth-order valence-electron chi connectivity index (χ4n) is 1.75. The van der Waals surface area contributed by atoms with Gasteiger partial charge in [0.1, 0.15) is 6.29 Å². The molecule has 0 bridgehead atoms. The molecule has 0 heterocycles. The molecule has 0 amide bonds. The molecular formula is C13H16O4. The van der Waals surface area contributed by atoms with Gasteiger partial charge >= 0.3 is 5.97 Å². The lowest BCUT2D eigenvalue weighted by Gasteiger charge is -2.12. The van der Waals surface area contributed by atoms with E-state index in [0.29, 0.717) is 24.8 Å². The number of aliphatic hydroxyl groups is 1. The first-order valence-electron chi connectivity index (χ1n) is 5.56. The predicted octanol–water partition coefficient (Wildman–Crippen LogP) is 1.50. The van der Waals surface area contributed by atoms with E-state index in [1.807, 2.05) is 13.0 Å². The van der Waals surface area contributed by atoms with Gasteiger partial charge in [0.25, 0.3) is 0 Å². The molecule has 1 atom stereocenters. The van der Waals surface area contributed by atoms with Crippen LogP contribution >= 0.6 is 0 Å². The Morgan fingerprint density at radius 1 is 1.47 bits per heavy atom. The molecule has 4 heteroatoms. The van der Waals surface area contributed by atoms with Crippen molar-refractivity contribution in [1.29, 1.82) is 0 Å². The molecule has 4 nitrogen and oxygen atoms in total. The summed E-state index contributed by atoms with van der Waals surface area (Å²) in [6, 6.07) is 5.23. The second-order valence-electron chi connectivity index (χ2n) is 3.83. The van der Waals surface area contributed by atoms with Crippen LogP contribution in [0.2, 0.25) is 0 Å². The molecular weight excluding hydrogens is 220 g/mol. The Kier molecular flexibility index (Phi) is 4.84. The number of rotatable bonds is 6. The Balaban J connectivity index is 3.00. The minimum Gasteiger partial charge on any atom is -0.479 e. The first-order valence-corrected chi connectivity index (χ1v) is 5.56. The molecule has 1 aromatic carbocycles. The monoisotopic (exact) mass is 236 g/mol. The summed E-state index contributed by atoms with van der Waals surface area (Å²) < 4.78 is 0. The van der Waals surface area contributed by atoms with Gasteiger partial charge in [-0.05, 0) is 29.5 Å². The van der Waals surface area contributed by atoms with Crippen LogP contribution in [0.15, 0.2) is 18.2 Å². The van der Waals surface area contributed by atoms with Crippen LogP contribution in [0, 0.1) is 0 Å². The first-order chi connectivity index (χ1) is 8.10. The first kappa shape index (κ1) is 13.4. The number of carboxylic acids is 1. The van der Waals surface area contributed by atoms with Crippen LogP contribution in [0.3, 0.4) is 0 Å². The maximum absolute atomic E-state index is 10.7. The molecule has 0 aliphatic heterocycles. The maximum Gasteiger partial charge on any atom is 0.337 e. The van der Waals surface area contributed by atoms with Gasteiger partial charge in [0, 0.05) is 6.42 Å². The Hall–Kier alpha value is -1.68. The Morgan fingerprint density at radius 2 is 2.18 bits per heavy atom. The van der Waals surface area contributed by atoms with E-state index in [4.69, 9.17) is 5.11 Å². The lowest BCUT2D eigenvalue weighted by molar-refractivity contribution is -0.147. The van der Waals surface area contributed by atoms with Crippen molar-refractivity contribution in [3.63, 3.8) is 0 Å². The summed E-state index contributed by atoms with van der Waals surface area (Å²) in [5.41, 5.74) is 2.22. The zero-order valence-electron chi connectivity index (χ0n) is 9.72. The van der Waals surface area contributed by atoms with E-state index in [0.717, 1.165) is 17.4 Å². The van der Waals surface area contributed by atoms with E-state index in [9.17, 15) is 14.7 Å². The average Bonchev–Trinajstić information content (AvgIpc) is 2.34. The molecule has 17 heavy (non-hydrogen) atoms. The third kappa shape index (κ3) is 3.39. The van der Waals surface area contributed by atoms with Gasteiger partial charge in [0.2, 0.25) is 0 Å². The van der Waals surface area contributed by atoms with E-state index in [1.165, 1.54) is 0 Å². The number of aryl methyl sites for hydroxylation is 2. The van der Waals surface area contributed by atoms with Crippen molar-refractivity contribution in [2.24, 2.45) is 0 Å². The molecule has 0 saturated heterocycles. The SMILES string of the molecule is CCc1cc(CCC=O)ccc1C(O)C(=O)O. The van der Waals surface area contributed by atoms with Crippen molar-refractivity contribution >= 4 is 12.3 Å². The number of carbonyl (C=O) groups is 2. The van der Waals surface area contributed by atoms with Gasteiger partial charge in [-0.3, -0.25) is 0 Å². The number of hydrogen-bond donors (Lipinski definition) is 2. The van der Waals surface area contributed by atoms with E-state index in [-0.39, 0.29) is 0 Å². The number of hydrogen-bond acceptors (Lipinski definition) is 3. The fraction of sp³-hybridized carbons (Fsp3) is 0.385. The van der Waals surface area contributed by atoms with E-state index in [1.54, 1.807) is 12.1 Å². The van der Waals surface area contributed by atoms with Crippen LogP contribution in [0.4, 0.5) is 0 Å². The van der Waals surface area contributed by atoms with Gasteiger partial charge in [-0.25, -0.2) is 4.79 Å². The summed E-state index contributed by atoms with van der Waals surface area (Å²) in [6.45, 7) is 1.90. The summed E-state index contributed by atoms with van der Waals surface area (Å²) >= 11 is 0. The van der Waals surface area contributed by atoms with Gasteiger partial charge in [0.05, 0.1) is 0 Å². The van der Waals surface area contributed by atoms with Crippen molar-refractivity contribution < 1.29 is 19.8 Å². The molecule has 0 aromatic heterocycles. The van der Waals surface area contributed by atoms with Crippen molar-refractivity contribution in [2.75, 3.05) is 0 Å². The smallest absolute Gasteiger partial charge is 0.337 e. The van der Waals surface area contributed by atoms with Gasteiger partial charge < -0.3 is 15.0 Å². The molecule has 0 saturated carbocycles. The standard InChI is InChI=1S/C13H16O4/c1-2-10-8-9(4-3-7-14)5-6-11(10)12(15)13(16)17/h5-8,12,15H,2-4H2,1H3,(H,16,17). The second-order valence-corrected chi connectivity index (χ2v) is 3.83. The van der Waals surface area contributed by atoms with E-state index >= 15 is 0 Å². The van der Waals surface area contributed by atoms with Gasteiger partial charge in [-0.2, -0.15) is 0 Å². The lowest BCUT2D eigenvalue weighted by atomic mass is 9.96. The van der Waals surface area contributed by atoms with E-state index in [2.05, 4.69) is 0 Å². The highest BCUT2D eigenvalue weighted by atomic mass is 16.4. The third-order valence-corrected chi connectivity index (χ3v) is 2.67. The van der Waals surface area contributed by atoms with Crippen molar-refractivity contribution in [3.05, 3.63) is 34.9 Å². The quantitative estimate of drug-likeness (QED) is 0.734. The zero-order chi connectivity index (χ0) is 12.8. The number of benzene rings is 1. The second kappa shape index (κ2) is 6.15. The maximum atomic E-state index is 10.7. The normalized spacial score (nSPS) is 12.1. The summed E-state index contributed by atoms with van der Waals surface area (Å²) in [4.78, 5) is 21.0. The molecule has 1 rings (SSSR count). The van der Waals surface area contributed by atoms with Crippen molar-refractivity contribution in [3.8, 4) is 0 Å². The molecule has 92 valence electrons. The fourth-order valence-corrected chi connectivity index (χ4v) is 1.75. The van der Waals surface area contributed by atoms with Crippen molar-refractivity contribution in [2.45, 2.75) is 32.3 Å². The molecule has 0 radical (unpaired) electrons. The highest BCUT2D eigenvalue weighted by molar-refractivity contribution is 5.74. The van der Waals surface area contributed by atoms with Crippen LogP contribution in [0.5, 0.6) is 0 Å². The Labute approximate surface area is 99.9 Å². The molecule has 0 aliphatic carbocycles. The molecule has 0 spiro atoms. The van der Waals surface area contributed by atoms with Crippen molar-refractivity contribution in [1.82, 2.24) is 0 Å². The molecule has 1 aromatic rings. The van der Waals surface area contributed by atoms with Crippen LogP contribution in [-0.2, 0) is 22.4 Å². The van der Waals surface area contributed by atoms with Crippen LogP contribution in [0.1, 0.15) is 36.1 Å². The number of aliphatic carboxylic acids is 1. The Morgan fingerprint density at radius 3 is 2.71 bits per heavy atom. The zero-order valence-corrected chi connectivity index (χ0v) is 9.72. The third-order valence-electron chi connectivity index (χ3n) is 2.67. The molecule has 0 fully saturated rings. The van der Waals surface area contributed by atoms with Crippen LogP contribution < -0.4 is 0 Å². The summed E-state index contributed by atoms with van der Waals surface area (Å²) in [5, 5.41) is 18.3. The highest BCUT2D eigenvalue weighted by Gasteiger charge is 2.18. The minimum atomic E-state index is -1.48. The summed E-state index contributed by atoms with van der Waals surface area (Å²) in [7, 11) is 0. The van der Waals surface area contributed by atoms with Gasteiger partial charge in [0.15, 0.2) is 6.10 Å². The van der Waals surface area contributed by atoms with Gasteiger partial charge in [-0.15, -0.1) is 0 Å². The molecule has 1 unspecified atom stereocenters. The van der Waals surface area contributed by atoms with E-state index < -0.39 is 12.1 Å². The largest absolute Gasteiger partial charge is 0.479 e. The van der Waals surface area contributed by atoms with Crippen LogP contribution in [-0.4, -0.2) is 22.5 Å². The number of carbonyl (C=O) groups excluding carboxylic acids is 1. The minimum absolute atomic E-state index is 0.426. The average molecular weight is 236 g/mol. The molecule has 2 N–H and O–H groups in total. The number of carboxylic acid groups (broad SMARTS) is 1. The Bertz CT molecular complexity index is 412. The highest BCUT2D eigenvalue weighted by Crippen LogP contribution is 2.21. The predicted molar refractivity (Wildman–Crippen MR) is 62.8 cm³/mol. The van der Waals surface area contributed by atoms with Gasteiger partial charge in [-0.1, -0.05) is 25.1 Å².